The van der Waals surface area contributed by atoms with E-state index in [1.165, 1.54) is 4.70 Å². The molecule has 0 saturated carbocycles. The average molecular weight is 386 g/mol. The van der Waals surface area contributed by atoms with Crippen LogP contribution in [0, 0.1) is 0 Å². The lowest BCUT2D eigenvalue weighted by atomic mass is 9.98. The first-order chi connectivity index (χ1) is 13.0. The van der Waals surface area contributed by atoms with Gasteiger partial charge in [0, 0.05) is 25.0 Å². The summed E-state index contributed by atoms with van der Waals surface area (Å²) in [5.74, 6) is -1.04. The Morgan fingerprint density at radius 3 is 2.44 bits per heavy atom. The van der Waals surface area contributed by atoms with Gasteiger partial charge >= 0.3 is 17.8 Å². The van der Waals surface area contributed by atoms with Crippen LogP contribution in [0.1, 0.15) is 37.6 Å². The van der Waals surface area contributed by atoms with Crippen LogP contribution in [0.15, 0.2) is 24.3 Å². The number of likely N-dealkylation sites (tertiary alicyclic amines) is 1. The van der Waals surface area contributed by atoms with Crippen LogP contribution in [-0.4, -0.2) is 63.3 Å². The number of piperidine rings is 1. The summed E-state index contributed by atoms with van der Waals surface area (Å²) in [6.07, 6.45) is 1.86. The lowest BCUT2D eigenvalue weighted by Crippen LogP contribution is -2.45. The third-order valence-electron chi connectivity index (χ3n) is 5.19. The number of thiazole rings is 1. The van der Waals surface area contributed by atoms with Gasteiger partial charge in [-0.2, -0.15) is 0 Å². The topological polar surface area (TPSA) is 73.8 Å². The molecule has 0 radical (unpaired) electrons. The largest absolute Gasteiger partial charge is 0.335 e. The molecule has 0 bridgehead atoms. The van der Waals surface area contributed by atoms with Crippen molar-refractivity contribution in [3.63, 3.8) is 0 Å². The Morgan fingerprint density at radius 1 is 1.11 bits per heavy atom. The van der Waals surface area contributed by atoms with E-state index in [0.717, 1.165) is 46.3 Å². The maximum atomic E-state index is 12.4. The maximum Gasteiger partial charge on any atom is 0.335 e. The second kappa shape index (κ2) is 7.01. The monoisotopic (exact) mass is 386 g/mol. The van der Waals surface area contributed by atoms with Gasteiger partial charge in [0.15, 0.2) is 0 Å². The van der Waals surface area contributed by atoms with E-state index in [1.807, 2.05) is 18.2 Å². The Hall–Kier alpha value is -2.32. The number of fused-ring (bicyclic) bond motifs is 1. The van der Waals surface area contributed by atoms with Crippen molar-refractivity contribution in [3.05, 3.63) is 29.3 Å². The molecule has 2 aliphatic rings. The maximum absolute atomic E-state index is 12.4. The fourth-order valence-electron chi connectivity index (χ4n) is 3.69. The van der Waals surface area contributed by atoms with Gasteiger partial charge in [-0.3, -0.25) is 19.4 Å². The van der Waals surface area contributed by atoms with Gasteiger partial charge in [-0.05, 0) is 38.8 Å². The summed E-state index contributed by atoms with van der Waals surface area (Å²) in [5.41, 5.74) is 1.04. The van der Waals surface area contributed by atoms with E-state index in [1.54, 1.807) is 25.2 Å². The van der Waals surface area contributed by atoms with Crippen LogP contribution in [0.25, 0.3) is 10.2 Å². The smallest absolute Gasteiger partial charge is 0.285 e. The number of carbonyl (C=O) groups is 3. The van der Waals surface area contributed by atoms with Crippen LogP contribution >= 0.6 is 11.3 Å². The van der Waals surface area contributed by atoms with Gasteiger partial charge in [0.2, 0.25) is 0 Å². The number of hydrogen-bond donors (Lipinski definition) is 0. The molecule has 0 spiro atoms. The third kappa shape index (κ3) is 3.23. The van der Waals surface area contributed by atoms with Crippen LogP contribution in [0.5, 0.6) is 0 Å². The molecule has 7 nitrogen and oxygen atoms in total. The molecule has 0 unspecified atom stereocenters. The highest BCUT2D eigenvalue weighted by Gasteiger charge is 2.46. The zero-order valence-corrected chi connectivity index (χ0v) is 16.2. The van der Waals surface area contributed by atoms with Gasteiger partial charge in [0.05, 0.1) is 21.9 Å². The van der Waals surface area contributed by atoms with Crippen LogP contribution in [-0.2, 0) is 9.59 Å². The minimum Gasteiger partial charge on any atom is -0.285 e. The van der Waals surface area contributed by atoms with E-state index in [-0.39, 0.29) is 12.7 Å². The van der Waals surface area contributed by atoms with Crippen molar-refractivity contribution in [2.75, 3.05) is 19.8 Å². The molecule has 4 rings (SSSR count). The minimum absolute atomic E-state index is 0.180. The van der Waals surface area contributed by atoms with Crippen LogP contribution in [0.3, 0.4) is 0 Å². The van der Waals surface area contributed by atoms with E-state index in [4.69, 9.17) is 4.98 Å². The summed E-state index contributed by atoms with van der Waals surface area (Å²) in [6.45, 7) is 5.19. The number of urea groups is 1. The van der Waals surface area contributed by atoms with Crippen molar-refractivity contribution in [1.29, 1.82) is 0 Å². The Labute approximate surface area is 161 Å². The molecule has 1 aromatic heterocycles. The number of para-hydroxylation sites is 1. The minimum atomic E-state index is -0.723. The van der Waals surface area contributed by atoms with E-state index < -0.39 is 17.8 Å². The predicted molar refractivity (Wildman–Crippen MR) is 102 cm³/mol. The van der Waals surface area contributed by atoms with Crippen molar-refractivity contribution in [1.82, 2.24) is 19.7 Å². The van der Waals surface area contributed by atoms with Gasteiger partial charge in [-0.15, -0.1) is 11.3 Å². The van der Waals surface area contributed by atoms with Crippen molar-refractivity contribution >= 4 is 39.4 Å². The Kier molecular flexibility index (Phi) is 4.69. The second-order valence-electron chi connectivity index (χ2n) is 7.34. The molecule has 0 aliphatic carbocycles. The van der Waals surface area contributed by atoms with Gasteiger partial charge in [-0.25, -0.2) is 14.7 Å². The summed E-state index contributed by atoms with van der Waals surface area (Å²) in [4.78, 5) is 45.5. The third-order valence-corrected chi connectivity index (χ3v) is 6.39. The molecular formula is C19H22N4O3S. The molecule has 27 heavy (non-hydrogen) atoms. The zero-order chi connectivity index (χ0) is 19.1. The molecule has 3 heterocycles. The van der Waals surface area contributed by atoms with Crippen molar-refractivity contribution in [2.24, 2.45) is 0 Å². The molecule has 2 aromatic rings. The lowest BCUT2D eigenvalue weighted by Gasteiger charge is -2.32. The van der Waals surface area contributed by atoms with Crippen molar-refractivity contribution in [3.8, 4) is 0 Å². The Balaban J connectivity index is 1.39. The molecule has 0 N–H and O–H groups in total. The summed E-state index contributed by atoms with van der Waals surface area (Å²) in [6, 6.07) is 7.33. The fraction of sp³-hybridized carbons (Fsp3) is 0.474. The van der Waals surface area contributed by atoms with E-state index in [9.17, 15) is 14.4 Å². The van der Waals surface area contributed by atoms with Gasteiger partial charge in [0.1, 0.15) is 0 Å². The first-order valence-electron chi connectivity index (χ1n) is 9.22. The van der Waals surface area contributed by atoms with Gasteiger partial charge < -0.3 is 0 Å². The summed E-state index contributed by atoms with van der Waals surface area (Å²) in [7, 11) is 0. The predicted octanol–water partition coefficient (Wildman–Crippen LogP) is 2.63. The highest BCUT2D eigenvalue weighted by Crippen LogP contribution is 2.34. The summed E-state index contributed by atoms with van der Waals surface area (Å²) >= 11 is 1.74. The second-order valence-corrected chi connectivity index (χ2v) is 8.40. The quantitative estimate of drug-likeness (QED) is 0.597. The molecule has 4 amide bonds. The Morgan fingerprint density at radius 2 is 1.81 bits per heavy atom. The SMILES string of the molecule is CC(C)N1C(=O)C(=O)N(CN2CCC(c3nc4ccccc4s3)CC2)C1=O. The highest BCUT2D eigenvalue weighted by molar-refractivity contribution is 7.18. The molecule has 142 valence electrons. The van der Waals surface area contributed by atoms with Crippen LogP contribution in [0.4, 0.5) is 4.79 Å². The fourth-order valence-corrected chi connectivity index (χ4v) is 4.82. The average Bonchev–Trinajstić information content (AvgIpc) is 3.17. The van der Waals surface area contributed by atoms with E-state index in [2.05, 4.69) is 11.0 Å². The molecule has 0 atom stereocenters. The number of amides is 4. The summed E-state index contributed by atoms with van der Waals surface area (Å²) < 4.78 is 1.20. The van der Waals surface area contributed by atoms with Crippen molar-refractivity contribution in [2.45, 2.75) is 38.6 Å². The van der Waals surface area contributed by atoms with Gasteiger partial charge in [0.25, 0.3) is 0 Å². The van der Waals surface area contributed by atoms with E-state index >= 15 is 0 Å². The number of carbonyl (C=O) groups excluding carboxylic acids is 3. The van der Waals surface area contributed by atoms with E-state index in [0.29, 0.717) is 5.92 Å². The van der Waals surface area contributed by atoms with Crippen LogP contribution in [0.2, 0.25) is 0 Å². The number of hydrogen-bond acceptors (Lipinski definition) is 6. The molecule has 2 fully saturated rings. The van der Waals surface area contributed by atoms with Crippen molar-refractivity contribution < 1.29 is 14.4 Å². The standard InChI is InChI=1S/C19H22N4O3S/c1-12(2)23-18(25)17(24)22(19(23)26)11-21-9-7-13(8-10-21)16-20-14-5-3-4-6-15(14)27-16/h3-6,12-13H,7-11H2,1-2H3. The zero-order valence-electron chi connectivity index (χ0n) is 15.4. The molecule has 2 aliphatic heterocycles. The molecule has 1 aromatic carbocycles. The first-order valence-corrected chi connectivity index (χ1v) is 10.0. The number of rotatable bonds is 4. The molecular weight excluding hydrogens is 364 g/mol. The number of aromatic nitrogens is 1. The highest BCUT2D eigenvalue weighted by atomic mass is 32.1. The lowest BCUT2D eigenvalue weighted by molar-refractivity contribution is -0.144. The summed E-state index contributed by atoms with van der Waals surface area (Å²) in [5, 5.41) is 1.16. The van der Waals surface area contributed by atoms with Crippen LogP contribution < -0.4 is 0 Å². The van der Waals surface area contributed by atoms with Gasteiger partial charge in [-0.1, -0.05) is 12.1 Å². The normalized spacial score (nSPS) is 19.9. The number of nitrogens with zero attached hydrogens (tertiary/aromatic N) is 4. The first kappa shape index (κ1) is 18.1. The number of imide groups is 2. The number of benzene rings is 1. The Bertz CT molecular complexity index is 868. The molecule has 8 heteroatoms. The molecule has 2 saturated heterocycles.